The van der Waals surface area contributed by atoms with Gasteiger partial charge >= 0.3 is 0 Å². The lowest BCUT2D eigenvalue weighted by Gasteiger charge is -2.11. The van der Waals surface area contributed by atoms with Gasteiger partial charge in [-0.25, -0.2) is 9.97 Å². The zero-order valence-electron chi connectivity index (χ0n) is 14.4. The van der Waals surface area contributed by atoms with E-state index in [4.69, 9.17) is 22.8 Å². The number of aromatic nitrogens is 2. The number of carbonyl (C=O) groups is 1. The number of fused-ring (bicyclic) bond motifs is 1. The van der Waals surface area contributed by atoms with E-state index in [1.54, 1.807) is 0 Å². The van der Waals surface area contributed by atoms with Gasteiger partial charge in [-0.3, -0.25) is 4.79 Å². The van der Waals surface area contributed by atoms with Crippen molar-refractivity contribution in [2.45, 2.75) is 6.54 Å². The Morgan fingerprint density at radius 2 is 2.11 bits per heavy atom. The molecule has 0 saturated carbocycles. The van der Waals surface area contributed by atoms with Crippen LogP contribution >= 0.6 is 11.6 Å². The normalized spacial score (nSPS) is 10.2. The van der Waals surface area contributed by atoms with E-state index < -0.39 is 0 Å². The van der Waals surface area contributed by atoms with Crippen LogP contribution in [0.25, 0.3) is 10.9 Å². The molecule has 0 spiro atoms. The lowest BCUT2D eigenvalue weighted by atomic mass is 10.2. The number of hydrogen-bond donors (Lipinski definition) is 2. The Labute approximate surface area is 161 Å². The highest BCUT2D eigenvalue weighted by Gasteiger charge is 2.07. The SMILES string of the molecule is C#CCOc1ccc2ncnc(Nc3cccc(CNC(=O)CCl)c3)c2c1. The third-order valence-electron chi connectivity index (χ3n) is 3.73. The van der Waals surface area contributed by atoms with Gasteiger partial charge in [0.25, 0.3) is 0 Å². The number of anilines is 2. The summed E-state index contributed by atoms with van der Waals surface area (Å²) in [5.74, 6) is 3.46. The molecule has 2 N–H and O–H groups in total. The predicted molar refractivity (Wildman–Crippen MR) is 106 cm³/mol. The number of amides is 1. The van der Waals surface area contributed by atoms with Crippen LogP contribution in [-0.2, 0) is 11.3 Å². The Kier molecular flexibility index (Phi) is 6.08. The van der Waals surface area contributed by atoms with Crippen LogP contribution < -0.4 is 15.4 Å². The van der Waals surface area contributed by atoms with Crippen LogP contribution in [-0.4, -0.2) is 28.4 Å². The lowest BCUT2D eigenvalue weighted by Crippen LogP contribution is -2.23. The lowest BCUT2D eigenvalue weighted by molar-refractivity contribution is -0.118. The first-order chi connectivity index (χ1) is 13.2. The molecule has 27 heavy (non-hydrogen) atoms. The van der Waals surface area contributed by atoms with Crippen molar-refractivity contribution in [3.05, 3.63) is 54.4 Å². The van der Waals surface area contributed by atoms with Crippen LogP contribution in [0.5, 0.6) is 5.75 Å². The van der Waals surface area contributed by atoms with Crippen molar-refractivity contribution in [1.82, 2.24) is 15.3 Å². The summed E-state index contributed by atoms with van der Waals surface area (Å²) in [7, 11) is 0. The number of nitrogens with one attached hydrogen (secondary N) is 2. The Bertz CT molecular complexity index is 1000. The van der Waals surface area contributed by atoms with E-state index in [9.17, 15) is 4.79 Å². The Morgan fingerprint density at radius 3 is 2.93 bits per heavy atom. The molecule has 0 atom stereocenters. The topological polar surface area (TPSA) is 76.1 Å². The van der Waals surface area contributed by atoms with Crippen molar-refractivity contribution in [3.8, 4) is 18.1 Å². The van der Waals surface area contributed by atoms with E-state index in [0.29, 0.717) is 18.1 Å². The maximum atomic E-state index is 11.3. The highest BCUT2D eigenvalue weighted by atomic mass is 35.5. The van der Waals surface area contributed by atoms with Gasteiger partial charge in [-0.2, -0.15) is 0 Å². The van der Waals surface area contributed by atoms with Crippen LogP contribution in [0.3, 0.4) is 0 Å². The fourth-order valence-electron chi connectivity index (χ4n) is 2.49. The first-order valence-corrected chi connectivity index (χ1v) is 8.72. The molecule has 2 aromatic carbocycles. The molecule has 3 rings (SSSR count). The number of carbonyl (C=O) groups excluding carboxylic acids is 1. The molecule has 0 aliphatic carbocycles. The van der Waals surface area contributed by atoms with Crippen LogP contribution in [0.2, 0.25) is 0 Å². The molecule has 1 aromatic heterocycles. The zero-order valence-corrected chi connectivity index (χ0v) is 15.2. The third-order valence-corrected chi connectivity index (χ3v) is 3.97. The molecule has 0 radical (unpaired) electrons. The van der Waals surface area contributed by atoms with E-state index >= 15 is 0 Å². The van der Waals surface area contributed by atoms with Gasteiger partial charge in [-0.15, -0.1) is 18.0 Å². The number of rotatable bonds is 7. The summed E-state index contributed by atoms with van der Waals surface area (Å²) in [5.41, 5.74) is 2.56. The fourth-order valence-corrected chi connectivity index (χ4v) is 2.59. The Morgan fingerprint density at radius 1 is 1.22 bits per heavy atom. The fraction of sp³-hybridized carbons (Fsp3) is 0.150. The monoisotopic (exact) mass is 380 g/mol. The molecule has 0 bridgehead atoms. The van der Waals surface area contributed by atoms with Gasteiger partial charge < -0.3 is 15.4 Å². The highest BCUT2D eigenvalue weighted by molar-refractivity contribution is 6.27. The summed E-state index contributed by atoms with van der Waals surface area (Å²) >= 11 is 5.50. The maximum Gasteiger partial charge on any atom is 0.235 e. The minimum atomic E-state index is -0.212. The number of terminal acetylenes is 1. The zero-order chi connectivity index (χ0) is 19.1. The van der Waals surface area contributed by atoms with Crippen LogP contribution in [0.15, 0.2) is 48.8 Å². The summed E-state index contributed by atoms with van der Waals surface area (Å²) in [6.07, 6.45) is 6.74. The number of nitrogens with zero attached hydrogens (tertiary/aromatic N) is 2. The quantitative estimate of drug-likeness (QED) is 0.486. The summed E-state index contributed by atoms with van der Waals surface area (Å²) in [6, 6.07) is 13.2. The van der Waals surface area contributed by atoms with Gasteiger partial charge in [0.2, 0.25) is 5.91 Å². The van der Waals surface area contributed by atoms with Crippen molar-refractivity contribution in [2.24, 2.45) is 0 Å². The molecule has 0 fully saturated rings. The number of hydrogen-bond acceptors (Lipinski definition) is 5. The molecule has 136 valence electrons. The van der Waals surface area contributed by atoms with Crippen molar-refractivity contribution >= 4 is 39.9 Å². The third kappa shape index (κ3) is 4.87. The Balaban J connectivity index is 1.83. The summed E-state index contributed by atoms with van der Waals surface area (Å²) in [4.78, 5) is 19.9. The largest absolute Gasteiger partial charge is 0.481 e. The van der Waals surface area contributed by atoms with Gasteiger partial charge in [0, 0.05) is 17.6 Å². The molecule has 1 heterocycles. The molecule has 3 aromatic rings. The molecule has 1 amide bonds. The number of ether oxygens (including phenoxy) is 1. The van der Waals surface area contributed by atoms with Gasteiger partial charge in [0.1, 0.15) is 30.4 Å². The number of alkyl halides is 1. The first kappa shape index (κ1) is 18.5. The standard InChI is InChI=1S/C20H17ClN4O2/c1-2-8-27-16-6-7-18-17(10-16)20(24-13-23-18)25-15-5-3-4-14(9-15)12-22-19(26)11-21/h1,3-7,9-10,13H,8,11-12H2,(H,22,26)(H,23,24,25). The predicted octanol–water partition coefficient (Wildman–Crippen LogP) is 3.24. The molecule has 7 heteroatoms. The molecule has 0 unspecified atom stereocenters. The van der Waals surface area contributed by atoms with Gasteiger partial charge in [0.15, 0.2) is 0 Å². The highest BCUT2D eigenvalue weighted by Crippen LogP contribution is 2.27. The molecular formula is C20H17ClN4O2. The minimum absolute atomic E-state index is 0.0606. The van der Waals surface area contributed by atoms with E-state index in [2.05, 4.69) is 26.5 Å². The summed E-state index contributed by atoms with van der Waals surface area (Å²) in [5, 5.41) is 6.84. The van der Waals surface area contributed by atoms with Gasteiger partial charge in [0.05, 0.1) is 5.52 Å². The van der Waals surface area contributed by atoms with E-state index in [0.717, 1.165) is 22.2 Å². The van der Waals surface area contributed by atoms with E-state index in [1.807, 2.05) is 42.5 Å². The van der Waals surface area contributed by atoms with E-state index in [-0.39, 0.29) is 18.4 Å². The molecule has 0 aliphatic heterocycles. The van der Waals surface area contributed by atoms with E-state index in [1.165, 1.54) is 6.33 Å². The molecule has 0 aliphatic rings. The first-order valence-electron chi connectivity index (χ1n) is 8.19. The maximum absolute atomic E-state index is 11.3. The van der Waals surface area contributed by atoms with Crippen molar-refractivity contribution < 1.29 is 9.53 Å². The van der Waals surface area contributed by atoms with Crippen LogP contribution in [0, 0.1) is 12.3 Å². The second-order valence-electron chi connectivity index (χ2n) is 5.63. The molecule has 6 nitrogen and oxygen atoms in total. The van der Waals surface area contributed by atoms with Crippen LogP contribution in [0.1, 0.15) is 5.56 Å². The second kappa shape index (κ2) is 8.88. The second-order valence-corrected chi connectivity index (χ2v) is 5.90. The summed E-state index contributed by atoms with van der Waals surface area (Å²) < 4.78 is 5.48. The van der Waals surface area contributed by atoms with Crippen molar-refractivity contribution in [2.75, 3.05) is 17.8 Å². The van der Waals surface area contributed by atoms with Crippen LogP contribution in [0.4, 0.5) is 11.5 Å². The van der Waals surface area contributed by atoms with Crippen molar-refractivity contribution in [1.29, 1.82) is 0 Å². The molecule has 0 saturated heterocycles. The number of halogens is 1. The minimum Gasteiger partial charge on any atom is -0.481 e. The van der Waals surface area contributed by atoms with Crippen molar-refractivity contribution in [3.63, 3.8) is 0 Å². The number of benzene rings is 2. The molecular weight excluding hydrogens is 364 g/mol. The summed E-state index contributed by atoms with van der Waals surface area (Å²) in [6.45, 7) is 0.591. The average molecular weight is 381 g/mol. The average Bonchev–Trinajstić information content (AvgIpc) is 2.71. The Hall–Kier alpha value is -3.30. The van der Waals surface area contributed by atoms with Gasteiger partial charge in [-0.1, -0.05) is 18.1 Å². The smallest absolute Gasteiger partial charge is 0.235 e. The van der Waals surface area contributed by atoms with Gasteiger partial charge in [-0.05, 0) is 35.9 Å².